The summed E-state index contributed by atoms with van der Waals surface area (Å²) in [6.45, 7) is -2.83. The molecule has 0 saturated carbocycles. The highest BCUT2D eigenvalue weighted by atomic mass is 35.5. The largest absolute Gasteiger partial charge is 0.496 e. The van der Waals surface area contributed by atoms with Crippen LogP contribution in [-0.4, -0.2) is 26.6 Å². The Labute approximate surface area is 205 Å². The molecule has 5 nitrogen and oxygen atoms in total. The second-order valence-corrected chi connectivity index (χ2v) is 7.72. The normalized spacial score (nSPS) is 11.0. The van der Waals surface area contributed by atoms with E-state index in [0.29, 0.717) is 21.5 Å². The van der Waals surface area contributed by atoms with E-state index in [1.807, 2.05) is 6.07 Å². The van der Waals surface area contributed by atoms with Gasteiger partial charge in [0.1, 0.15) is 18.1 Å². The summed E-state index contributed by atoms with van der Waals surface area (Å²) in [5.41, 5.74) is 1.71. The van der Waals surface area contributed by atoms with Gasteiger partial charge in [0, 0.05) is 16.1 Å². The third kappa shape index (κ3) is 6.62. The lowest BCUT2D eigenvalue weighted by molar-refractivity contribution is -0.0512. The van der Waals surface area contributed by atoms with E-state index < -0.39 is 6.61 Å². The van der Waals surface area contributed by atoms with Crippen molar-refractivity contribution in [1.82, 2.24) is 0 Å². The standard InChI is InChI=1S/C25H20Cl2F2O5/c1-31-21-8-4-15(11-17(21)14-33-22-10-6-18(26)13-19(22)27)3-7-20(30)16-5-9-23(34-25(28)29)24(12-16)32-2/h3-13,25H,14H2,1-2H3/b7-3+. The van der Waals surface area contributed by atoms with Crippen molar-refractivity contribution in [2.75, 3.05) is 14.2 Å². The molecule has 0 aliphatic rings. The molecule has 0 atom stereocenters. The van der Waals surface area contributed by atoms with Crippen molar-refractivity contribution in [3.05, 3.63) is 87.4 Å². The number of carbonyl (C=O) groups is 1. The molecule has 34 heavy (non-hydrogen) atoms. The van der Waals surface area contributed by atoms with Crippen LogP contribution in [0.5, 0.6) is 23.0 Å². The van der Waals surface area contributed by atoms with Gasteiger partial charge in [0.15, 0.2) is 17.3 Å². The Morgan fingerprint density at radius 1 is 0.912 bits per heavy atom. The maximum Gasteiger partial charge on any atom is 0.387 e. The lowest BCUT2D eigenvalue weighted by Gasteiger charge is -2.12. The fraction of sp³-hybridized carbons (Fsp3) is 0.160. The predicted octanol–water partition coefficient (Wildman–Crippen LogP) is 7.09. The van der Waals surface area contributed by atoms with Crippen molar-refractivity contribution in [3.8, 4) is 23.0 Å². The molecule has 9 heteroatoms. The molecule has 0 N–H and O–H groups in total. The third-order valence-electron chi connectivity index (χ3n) is 4.67. The first-order chi connectivity index (χ1) is 16.3. The summed E-state index contributed by atoms with van der Waals surface area (Å²) in [4.78, 5) is 12.6. The summed E-state index contributed by atoms with van der Waals surface area (Å²) in [5.74, 6) is 0.608. The Morgan fingerprint density at radius 2 is 1.62 bits per heavy atom. The first-order valence-corrected chi connectivity index (χ1v) is 10.7. The van der Waals surface area contributed by atoms with E-state index in [9.17, 15) is 13.6 Å². The lowest BCUT2D eigenvalue weighted by Crippen LogP contribution is -2.04. The summed E-state index contributed by atoms with van der Waals surface area (Å²) in [6, 6.07) is 14.3. The van der Waals surface area contributed by atoms with Crippen molar-refractivity contribution in [3.63, 3.8) is 0 Å². The minimum Gasteiger partial charge on any atom is -0.496 e. The molecular formula is C25H20Cl2F2O5. The van der Waals surface area contributed by atoms with E-state index in [4.69, 9.17) is 37.4 Å². The summed E-state index contributed by atoms with van der Waals surface area (Å²) >= 11 is 12.1. The van der Waals surface area contributed by atoms with Gasteiger partial charge in [-0.3, -0.25) is 4.79 Å². The highest BCUT2D eigenvalue weighted by Crippen LogP contribution is 2.31. The van der Waals surface area contributed by atoms with Crippen molar-refractivity contribution < 1.29 is 32.5 Å². The van der Waals surface area contributed by atoms with Crippen LogP contribution in [0, 0.1) is 0 Å². The number of methoxy groups -OCH3 is 2. The summed E-state index contributed by atoms with van der Waals surface area (Å²) in [7, 11) is 2.85. The van der Waals surface area contributed by atoms with Crippen LogP contribution in [0.2, 0.25) is 10.0 Å². The van der Waals surface area contributed by atoms with Gasteiger partial charge >= 0.3 is 6.61 Å². The number of alkyl halides is 2. The van der Waals surface area contributed by atoms with Crippen LogP contribution >= 0.6 is 23.2 Å². The summed E-state index contributed by atoms with van der Waals surface area (Å²) < 4.78 is 45.6. The SMILES string of the molecule is COc1ccc(/C=C/C(=O)c2ccc(OC(F)F)c(OC)c2)cc1COc1ccc(Cl)cc1Cl. The molecule has 0 radical (unpaired) electrons. The van der Waals surface area contributed by atoms with E-state index >= 15 is 0 Å². The lowest BCUT2D eigenvalue weighted by atomic mass is 10.1. The number of ketones is 1. The minimum absolute atomic E-state index is 0.0318. The third-order valence-corrected chi connectivity index (χ3v) is 5.20. The smallest absolute Gasteiger partial charge is 0.387 e. The second-order valence-electron chi connectivity index (χ2n) is 6.88. The average molecular weight is 509 g/mol. The zero-order chi connectivity index (χ0) is 24.7. The topological polar surface area (TPSA) is 54.0 Å². The first-order valence-electron chi connectivity index (χ1n) is 9.90. The zero-order valence-corrected chi connectivity index (χ0v) is 19.7. The molecule has 0 aliphatic heterocycles. The van der Waals surface area contributed by atoms with Crippen LogP contribution in [-0.2, 0) is 6.61 Å². The Morgan fingerprint density at radius 3 is 2.29 bits per heavy atom. The molecule has 0 amide bonds. The van der Waals surface area contributed by atoms with E-state index in [0.717, 1.165) is 11.1 Å². The Kier molecular flexibility index (Phi) is 8.73. The van der Waals surface area contributed by atoms with Gasteiger partial charge in [0.25, 0.3) is 0 Å². The molecular weight excluding hydrogens is 489 g/mol. The number of halogens is 4. The van der Waals surface area contributed by atoms with Crippen LogP contribution in [0.1, 0.15) is 21.5 Å². The molecule has 0 aliphatic carbocycles. The van der Waals surface area contributed by atoms with Gasteiger partial charge in [-0.25, -0.2) is 0 Å². The number of hydrogen-bond donors (Lipinski definition) is 0. The fourth-order valence-corrected chi connectivity index (χ4v) is 3.51. The van der Waals surface area contributed by atoms with Crippen LogP contribution in [0.3, 0.4) is 0 Å². The number of ether oxygens (including phenoxy) is 4. The van der Waals surface area contributed by atoms with Crippen LogP contribution < -0.4 is 18.9 Å². The summed E-state index contributed by atoms with van der Waals surface area (Å²) in [6.07, 6.45) is 2.99. The average Bonchev–Trinajstić information content (AvgIpc) is 2.82. The molecule has 0 fully saturated rings. The van der Waals surface area contributed by atoms with Crippen molar-refractivity contribution in [1.29, 1.82) is 0 Å². The Balaban J connectivity index is 1.76. The molecule has 0 bridgehead atoms. The fourth-order valence-electron chi connectivity index (χ4n) is 3.05. The predicted molar refractivity (Wildman–Crippen MR) is 127 cm³/mol. The molecule has 178 valence electrons. The van der Waals surface area contributed by atoms with Crippen molar-refractivity contribution in [2.45, 2.75) is 13.2 Å². The van der Waals surface area contributed by atoms with Crippen LogP contribution in [0.4, 0.5) is 8.78 Å². The maximum atomic E-state index is 12.6. The van der Waals surface area contributed by atoms with Crippen LogP contribution in [0.15, 0.2) is 60.7 Å². The van der Waals surface area contributed by atoms with E-state index in [-0.39, 0.29) is 29.5 Å². The zero-order valence-electron chi connectivity index (χ0n) is 18.2. The monoisotopic (exact) mass is 508 g/mol. The van der Waals surface area contributed by atoms with Gasteiger partial charge < -0.3 is 18.9 Å². The molecule has 3 aromatic carbocycles. The van der Waals surface area contributed by atoms with Gasteiger partial charge in [-0.05, 0) is 60.2 Å². The van der Waals surface area contributed by atoms with Gasteiger partial charge in [0.2, 0.25) is 0 Å². The molecule has 3 aromatic rings. The maximum absolute atomic E-state index is 12.6. The van der Waals surface area contributed by atoms with Gasteiger partial charge in [-0.2, -0.15) is 8.78 Å². The molecule has 3 rings (SSSR count). The van der Waals surface area contributed by atoms with Gasteiger partial charge in [0.05, 0.1) is 19.2 Å². The molecule has 0 heterocycles. The van der Waals surface area contributed by atoms with Gasteiger partial charge in [-0.15, -0.1) is 0 Å². The number of rotatable bonds is 10. The second kappa shape index (κ2) is 11.7. The van der Waals surface area contributed by atoms with Crippen molar-refractivity contribution in [2.24, 2.45) is 0 Å². The Hall–Kier alpha value is -3.29. The summed E-state index contributed by atoms with van der Waals surface area (Å²) in [5, 5.41) is 0.883. The van der Waals surface area contributed by atoms with Crippen LogP contribution in [0.25, 0.3) is 6.08 Å². The number of carbonyl (C=O) groups excluding carboxylic acids is 1. The molecule has 0 saturated heterocycles. The number of hydrogen-bond acceptors (Lipinski definition) is 5. The Bertz CT molecular complexity index is 1200. The van der Waals surface area contributed by atoms with Gasteiger partial charge in [-0.1, -0.05) is 35.3 Å². The molecule has 0 unspecified atom stereocenters. The van der Waals surface area contributed by atoms with E-state index in [1.165, 1.54) is 31.4 Å². The highest BCUT2D eigenvalue weighted by Gasteiger charge is 2.13. The molecule has 0 aromatic heterocycles. The van der Waals surface area contributed by atoms with Crippen molar-refractivity contribution >= 4 is 35.1 Å². The molecule has 0 spiro atoms. The highest BCUT2D eigenvalue weighted by molar-refractivity contribution is 6.35. The number of benzene rings is 3. The first kappa shape index (κ1) is 25.3. The number of allylic oxidation sites excluding steroid dienone is 1. The van der Waals surface area contributed by atoms with E-state index in [1.54, 1.807) is 43.5 Å². The van der Waals surface area contributed by atoms with E-state index in [2.05, 4.69) is 4.74 Å². The minimum atomic E-state index is -3.00. The quantitative estimate of drug-likeness (QED) is 0.216.